The van der Waals surface area contributed by atoms with Crippen molar-refractivity contribution in [1.82, 2.24) is 0 Å². The molecule has 1 N–H and O–H groups in total. The number of nitriles is 1. The van der Waals surface area contributed by atoms with Crippen molar-refractivity contribution in [2.45, 2.75) is 0 Å². The molecule has 156 valence electrons. The molecule has 4 aromatic rings. The van der Waals surface area contributed by atoms with Gasteiger partial charge in [0.15, 0.2) is 0 Å². The van der Waals surface area contributed by atoms with Crippen LogP contribution in [0.4, 0.5) is 11.4 Å². The number of hydrogen-bond acceptors (Lipinski definition) is 5. The zero-order chi connectivity index (χ0) is 22.7. The highest BCUT2D eigenvalue weighted by atomic mass is 35.5. The number of benzene rings is 3. The SMILES string of the molecule is N#C/C(=C\c1ccc(-c2cc([N+](=O)[O-])ccc2Cl)o1)C(=O)Nc1cccc2ccccc12. The minimum absolute atomic E-state index is 0.134. The lowest BCUT2D eigenvalue weighted by atomic mass is 10.1. The molecular formula is C24H14ClN3O4. The van der Waals surface area contributed by atoms with Gasteiger partial charge in [-0.3, -0.25) is 14.9 Å². The summed E-state index contributed by atoms with van der Waals surface area (Å²) in [7, 11) is 0. The third-order valence-corrected chi connectivity index (χ3v) is 5.07. The number of hydrogen-bond donors (Lipinski definition) is 1. The van der Waals surface area contributed by atoms with Crippen LogP contribution >= 0.6 is 11.6 Å². The van der Waals surface area contributed by atoms with Crippen molar-refractivity contribution in [3.05, 3.63) is 99.3 Å². The van der Waals surface area contributed by atoms with Crippen molar-refractivity contribution in [2.75, 3.05) is 5.32 Å². The quantitative estimate of drug-likeness (QED) is 0.171. The van der Waals surface area contributed by atoms with Crippen molar-refractivity contribution < 1.29 is 14.1 Å². The van der Waals surface area contributed by atoms with Gasteiger partial charge in [0.05, 0.1) is 9.95 Å². The zero-order valence-electron chi connectivity index (χ0n) is 16.4. The van der Waals surface area contributed by atoms with E-state index in [0.29, 0.717) is 11.3 Å². The summed E-state index contributed by atoms with van der Waals surface area (Å²) < 4.78 is 5.67. The fourth-order valence-electron chi connectivity index (χ4n) is 3.21. The molecule has 0 aliphatic rings. The second kappa shape index (κ2) is 8.76. The summed E-state index contributed by atoms with van der Waals surface area (Å²) in [4.78, 5) is 23.2. The van der Waals surface area contributed by atoms with Crippen LogP contribution in [0.2, 0.25) is 5.02 Å². The summed E-state index contributed by atoms with van der Waals surface area (Å²) in [5, 5.41) is 25.4. The number of halogens is 1. The number of fused-ring (bicyclic) bond motifs is 1. The van der Waals surface area contributed by atoms with Crippen molar-refractivity contribution in [3.8, 4) is 17.4 Å². The molecule has 0 fully saturated rings. The smallest absolute Gasteiger partial charge is 0.270 e. The molecule has 0 unspecified atom stereocenters. The number of nitro groups is 1. The van der Waals surface area contributed by atoms with Gasteiger partial charge in [-0.25, -0.2) is 0 Å². The topological polar surface area (TPSA) is 109 Å². The van der Waals surface area contributed by atoms with E-state index in [1.54, 1.807) is 18.2 Å². The van der Waals surface area contributed by atoms with E-state index in [9.17, 15) is 20.2 Å². The van der Waals surface area contributed by atoms with Crippen molar-refractivity contribution in [3.63, 3.8) is 0 Å². The van der Waals surface area contributed by atoms with Gasteiger partial charge in [-0.05, 0) is 29.7 Å². The number of nitro benzene ring substituents is 1. The van der Waals surface area contributed by atoms with Crippen LogP contribution < -0.4 is 5.32 Å². The number of anilines is 1. The Balaban J connectivity index is 1.61. The van der Waals surface area contributed by atoms with Crippen molar-refractivity contribution in [1.29, 1.82) is 5.26 Å². The largest absolute Gasteiger partial charge is 0.457 e. The van der Waals surface area contributed by atoms with Gasteiger partial charge < -0.3 is 9.73 Å². The van der Waals surface area contributed by atoms with Gasteiger partial charge in [0.1, 0.15) is 23.2 Å². The maximum atomic E-state index is 12.7. The van der Waals surface area contributed by atoms with E-state index in [0.717, 1.165) is 10.8 Å². The summed E-state index contributed by atoms with van der Waals surface area (Å²) in [6.07, 6.45) is 1.30. The van der Waals surface area contributed by atoms with E-state index >= 15 is 0 Å². The van der Waals surface area contributed by atoms with Crippen LogP contribution in [-0.2, 0) is 4.79 Å². The highest BCUT2D eigenvalue weighted by molar-refractivity contribution is 6.33. The first kappa shape index (κ1) is 20.8. The van der Waals surface area contributed by atoms with E-state index in [-0.39, 0.29) is 27.8 Å². The molecule has 0 spiro atoms. The van der Waals surface area contributed by atoms with Crippen LogP contribution in [0, 0.1) is 21.4 Å². The Morgan fingerprint density at radius 3 is 2.66 bits per heavy atom. The van der Waals surface area contributed by atoms with Crippen LogP contribution in [-0.4, -0.2) is 10.8 Å². The lowest BCUT2D eigenvalue weighted by molar-refractivity contribution is -0.384. The number of nitrogens with zero attached hydrogens (tertiary/aromatic N) is 2. The molecule has 0 saturated carbocycles. The normalized spacial score (nSPS) is 11.2. The van der Waals surface area contributed by atoms with Gasteiger partial charge in [-0.2, -0.15) is 5.26 Å². The Morgan fingerprint density at radius 1 is 1.09 bits per heavy atom. The van der Waals surface area contributed by atoms with Crippen LogP contribution in [0.25, 0.3) is 28.2 Å². The highest BCUT2D eigenvalue weighted by Crippen LogP contribution is 2.33. The minimum Gasteiger partial charge on any atom is -0.457 e. The number of furan rings is 1. The number of rotatable bonds is 5. The molecule has 4 rings (SSSR count). The Kier molecular flexibility index (Phi) is 5.71. The van der Waals surface area contributed by atoms with E-state index in [4.69, 9.17) is 16.0 Å². The third-order valence-electron chi connectivity index (χ3n) is 4.74. The number of carbonyl (C=O) groups is 1. The van der Waals surface area contributed by atoms with Gasteiger partial charge in [-0.1, -0.05) is 48.0 Å². The first-order chi connectivity index (χ1) is 15.5. The van der Waals surface area contributed by atoms with Crippen molar-refractivity contribution in [2.24, 2.45) is 0 Å². The highest BCUT2D eigenvalue weighted by Gasteiger charge is 2.16. The molecule has 1 aromatic heterocycles. The summed E-state index contributed by atoms with van der Waals surface area (Å²) in [5.74, 6) is -0.0842. The Bertz CT molecular complexity index is 1430. The van der Waals surface area contributed by atoms with Crippen LogP contribution in [0.5, 0.6) is 0 Å². The lowest BCUT2D eigenvalue weighted by Gasteiger charge is -2.08. The summed E-state index contributed by atoms with van der Waals surface area (Å²) >= 11 is 6.15. The van der Waals surface area contributed by atoms with Gasteiger partial charge in [-0.15, -0.1) is 0 Å². The first-order valence-electron chi connectivity index (χ1n) is 9.41. The number of carbonyl (C=O) groups excluding carboxylic acids is 1. The number of nitrogens with one attached hydrogen (secondary N) is 1. The first-order valence-corrected chi connectivity index (χ1v) is 9.79. The molecule has 0 saturated heterocycles. The van der Waals surface area contributed by atoms with E-state index in [2.05, 4.69) is 5.32 Å². The van der Waals surface area contributed by atoms with Gasteiger partial charge in [0.25, 0.3) is 11.6 Å². The van der Waals surface area contributed by atoms with Gasteiger partial charge in [0, 0.05) is 34.8 Å². The Labute approximate surface area is 187 Å². The van der Waals surface area contributed by atoms with E-state index in [1.807, 2.05) is 42.5 Å². The molecular weight excluding hydrogens is 430 g/mol. The third kappa shape index (κ3) is 4.21. The van der Waals surface area contributed by atoms with Gasteiger partial charge in [0.2, 0.25) is 0 Å². The van der Waals surface area contributed by atoms with Crippen LogP contribution in [0.15, 0.2) is 82.8 Å². The number of amides is 1. The zero-order valence-corrected chi connectivity index (χ0v) is 17.2. The predicted octanol–water partition coefficient (Wildman–Crippen LogP) is 6.21. The molecule has 0 aliphatic heterocycles. The monoisotopic (exact) mass is 443 g/mol. The summed E-state index contributed by atoms with van der Waals surface area (Å²) in [6, 6.07) is 22.1. The maximum Gasteiger partial charge on any atom is 0.270 e. The second-order valence-electron chi connectivity index (χ2n) is 6.77. The molecule has 8 heteroatoms. The van der Waals surface area contributed by atoms with Crippen LogP contribution in [0.3, 0.4) is 0 Å². The Hall–Kier alpha value is -4.41. The van der Waals surface area contributed by atoms with Crippen LogP contribution in [0.1, 0.15) is 5.76 Å². The number of non-ortho nitro benzene ring substituents is 1. The second-order valence-corrected chi connectivity index (χ2v) is 7.18. The van der Waals surface area contributed by atoms with E-state index in [1.165, 1.54) is 24.3 Å². The minimum atomic E-state index is -0.588. The average Bonchev–Trinajstić information content (AvgIpc) is 3.26. The molecule has 7 nitrogen and oxygen atoms in total. The standard InChI is InChI=1S/C24H14ClN3O4/c25-21-10-8-17(28(30)31)13-20(21)23-11-9-18(32-23)12-16(14-26)24(29)27-22-7-3-5-15-4-1-2-6-19(15)22/h1-13H,(H,27,29)/b16-12+. The van der Waals surface area contributed by atoms with E-state index < -0.39 is 10.8 Å². The maximum absolute atomic E-state index is 12.7. The molecule has 32 heavy (non-hydrogen) atoms. The fraction of sp³-hybridized carbons (Fsp3) is 0. The molecule has 0 radical (unpaired) electrons. The molecule has 1 heterocycles. The summed E-state index contributed by atoms with van der Waals surface area (Å²) in [5.41, 5.74) is 0.617. The average molecular weight is 444 g/mol. The molecule has 0 bridgehead atoms. The molecule has 0 atom stereocenters. The molecule has 1 amide bonds. The van der Waals surface area contributed by atoms with Gasteiger partial charge >= 0.3 is 0 Å². The van der Waals surface area contributed by atoms with Crippen molar-refractivity contribution >= 4 is 45.7 Å². The summed E-state index contributed by atoms with van der Waals surface area (Å²) in [6.45, 7) is 0. The lowest BCUT2D eigenvalue weighted by Crippen LogP contribution is -2.13. The fourth-order valence-corrected chi connectivity index (χ4v) is 3.42. The molecule has 0 aliphatic carbocycles. The molecule has 3 aromatic carbocycles. The Morgan fingerprint density at radius 2 is 1.88 bits per heavy atom. The predicted molar refractivity (Wildman–Crippen MR) is 122 cm³/mol.